The molecule has 0 bridgehead atoms. The standard InChI is InChI=1S/C14H11BrN2OS/c15-11-8-6-10(7-9-11)13(19)17-14(18)16-12-4-2-1-3-5-12/h1-9H,(H2,16,17,18,19). The molecule has 0 aromatic heterocycles. The van der Waals surface area contributed by atoms with Crippen molar-refractivity contribution in [2.24, 2.45) is 0 Å². The first-order valence-electron chi connectivity index (χ1n) is 5.58. The highest BCUT2D eigenvalue weighted by molar-refractivity contribution is 9.10. The SMILES string of the molecule is O=C(NC(=S)c1ccc(Br)cc1)Nc1ccccc1. The predicted molar refractivity (Wildman–Crippen MR) is 84.4 cm³/mol. The lowest BCUT2D eigenvalue weighted by Gasteiger charge is -2.08. The monoisotopic (exact) mass is 334 g/mol. The van der Waals surface area contributed by atoms with Crippen molar-refractivity contribution in [2.75, 3.05) is 5.32 Å². The van der Waals surface area contributed by atoms with E-state index in [-0.39, 0.29) is 6.03 Å². The van der Waals surface area contributed by atoms with Gasteiger partial charge in [-0.2, -0.15) is 0 Å². The van der Waals surface area contributed by atoms with Crippen LogP contribution in [0.2, 0.25) is 0 Å². The Morgan fingerprint density at radius 3 is 2.26 bits per heavy atom. The first-order valence-corrected chi connectivity index (χ1v) is 6.78. The fraction of sp³-hybridized carbons (Fsp3) is 0. The normalized spacial score (nSPS) is 9.74. The van der Waals surface area contributed by atoms with Crippen molar-refractivity contribution in [1.29, 1.82) is 0 Å². The molecule has 0 saturated carbocycles. The number of hydrogen-bond donors (Lipinski definition) is 2. The molecule has 0 unspecified atom stereocenters. The number of amides is 2. The number of urea groups is 1. The molecular weight excluding hydrogens is 324 g/mol. The molecule has 3 nitrogen and oxygen atoms in total. The summed E-state index contributed by atoms with van der Waals surface area (Å²) < 4.78 is 0.966. The van der Waals surface area contributed by atoms with Crippen molar-refractivity contribution in [3.8, 4) is 0 Å². The third-order valence-corrected chi connectivity index (χ3v) is 3.23. The zero-order valence-electron chi connectivity index (χ0n) is 9.89. The molecule has 2 aromatic rings. The average Bonchev–Trinajstić information content (AvgIpc) is 2.40. The Balaban J connectivity index is 1.95. The minimum atomic E-state index is -0.348. The summed E-state index contributed by atoms with van der Waals surface area (Å²) in [5.41, 5.74) is 1.51. The second-order valence-electron chi connectivity index (χ2n) is 3.78. The van der Waals surface area contributed by atoms with E-state index in [1.54, 1.807) is 0 Å². The molecule has 2 N–H and O–H groups in total. The second kappa shape index (κ2) is 6.45. The Kier molecular flexibility index (Phi) is 4.65. The lowest BCUT2D eigenvalue weighted by molar-refractivity contribution is 0.256. The third-order valence-electron chi connectivity index (χ3n) is 2.37. The average molecular weight is 335 g/mol. The Hall–Kier alpha value is -1.72. The van der Waals surface area contributed by atoms with E-state index >= 15 is 0 Å². The Bertz CT molecular complexity index is 584. The van der Waals surface area contributed by atoms with Gasteiger partial charge in [0.1, 0.15) is 4.99 Å². The van der Waals surface area contributed by atoms with E-state index in [1.807, 2.05) is 54.6 Å². The quantitative estimate of drug-likeness (QED) is 0.816. The number of rotatable bonds is 2. The molecule has 0 aliphatic rings. The number of thiocarbonyl (C=S) groups is 1. The van der Waals surface area contributed by atoms with E-state index in [9.17, 15) is 4.79 Å². The molecule has 2 aromatic carbocycles. The zero-order valence-corrected chi connectivity index (χ0v) is 12.3. The molecule has 5 heteroatoms. The van der Waals surface area contributed by atoms with Gasteiger partial charge >= 0.3 is 6.03 Å². The molecule has 96 valence electrons. The highest BCUT2D eigenvalue weighted by Crippen LogP contribution is 2.11. The van der Waals surface area contributed by atoms with Crippen LogP contribution in [0, 0.1) is 0 Å². The van der Waals surface area contributed by atoms with Gasteiger partial charge in [-0.05, 0) is 24.3 Å². The number of hydrogen-bond acceptors (Lipinski definition) is 2. The van der Waals surface area contributed by atoms with E-state index in [2.05, 4.69) is 26.6 Å². The Morgan fingerprint density at radius 1 is 1.00 bits per heavy atom. The Morgan fingerprint density at radius 2 is 1.63 bits per heavy atom. The summed E-state index contributed by atoms with van der Waals surface area (Å²) in [7, 11) is 0. The van der Waals surface area contributed by atoms with Gasteiger partial charge in [-0.1, -0.05) is 58.5 Å². The maximum Gasteiger partial charge on any atom is 0.324 e. The third kappa shape index (κ3) is 4.15. The minimum Gasteiger partial charge on any atom is -0.308 e. The Labute approximate surface area is 125 Å². The summed E-state index contributed by atoms with van der Waals surface area (Å²) in [6.07, 6.45) is 0. The molecule has 0 radical (unpaired) electrons. The van der Waals surface area contributed by atoms with E-state index in [0.717, 1.165) is 15.7 Å². The van der Waals surface area contributed by atoms with Gasteiger partial charge in [-0.3, -0.25) is 5.32 Å². The summed E-state index contributed by atoms with van der Waals surface area (Å²) in [6.45, 7) is 0. The zero-order chi connectivity index (χ0) is 13.7. The largest absolute Gasteiger partial charge is 0.324 e. The van der Waals surface area contributed by atoms with Gasteiger partial charge in [-0.25, -0.2) is 4.79 Å². The van der Waals surface area contributed by atoms with Crippen molar-refractivity contribution in [3.63, 3.8) is 0 Å². The molecule has 2 rings (SSSR count). The smallest absolute Gasteiger partial charge is 0.308 e. The highest BCUT2D eigenvalue weighted by Gasteiger charge is 2.06. The van der Waals surface area contributed by atoms with Crippen LogP contribution in [-0.4, -0.2) is 11.0 Å². The molecule has 0 atom stereocenters. The van der Waals surface area contributed by atoms with Crippen LogP contribution in [0.4, 0.5) is 10.5 Å². The molecule has 0 heterocycles. The number of benzene rings is 2. The van der Waals surface area contributed by atoms with Crippen molar-refractivity contribution in [1.82, 2.24) is 5.32 Å². The van der Waals surface area contributed by atoms with Crippen LogP contribution in [0.5, 0.6) is 0 Å². The lowest BCUT2D eigenvalue weighted by atomic mass is 10.2. The van der Waals surface area contributed by atoms with Crippen LogP contribution in [0.25, 0.3) is 0 Å². The fourth-order valence-corrected chi connectivity index (χ4v) is 1.95. The van der Waals surface area contributed by atoms with Crippen molar-refractivity contribution in [2.45, 2.75) is 0 Å². The van der Waals surface area contributed by atoms with Gasteiger partial charge in [-0.15, -0.1) is 0 Å². The second-order valence-corrected chi connectivity index (χ2v) is 5.11. The summed E-state index contributed by atoms with van der Waals surface area (Å²) in [5.74, 6) is 0. The van der Waals surface area contributed by atoms with E-state index < -0.39 is 0 Å². The maximum atomic E-state index is 11.7. The van der Waals surface area contributed by atoms with E-state index in [4.69, 9.17) is 12.2 Å². The first kappa shape index (κ1) is 13.7. The number of anilines is 1. The maximum absolute atomic E-state index is 11.7. The molecule has 0 spiro atoms. The number of carbonyl (C=O) groups excluding carboxylic acids is 1. The topological polar surface area (TPSA) is 41.1 Å². The first-order chi connectivity index (χ1) is 9.15. The van der Waals surface area contributed by atoms with Crippen LogP contribution in [0.3, 0.4) is 0 Å². The summed E-state index contributed by atoms with van der Waals surface area (Å²) >= 11 is 8.52. The van der Waals surface area contributed by atoms with Crippen LogP contribution in [-0.2, 0) is 0 Å². The predicted octanol–water partition coefficient (Wildman–Crippen LogP) is 3.95. The minimum absolute atomic E-state index is 0.348. The van der Waals surface area contributed by atoms with Crippen LogP contribution in [0.1, 0.15) is 5.56 Å². The van der Waals surface area contributed by atoms with Crippen molar-refractivity contribution in [3.05, 3.63) is 64.6 Å². The number of para-hydroxylation sites is 1. The summed E-state index contributed by atoms with van der Waals surface area (Å²) in [6, 6.07) is 16.3. The lowest BCUT2D eigenvalue weighted by Crippen LogP contribution is -2.33. The molecule has 2 amide bonds. The van der Waals surface area contributed by atoms with Gasteiger partial charge in [0.15, 0.2) is 0 Å². The van der Waals surface area contributed by atoms with Crippen LogP contribution >= 0.6 is 28.1 Å². The fourth-order valence-electron chi connectivity index (χ4n) is 1.46. The molecule has 0 fully saturated rings. The van der Waals surface area contributed by atoms with Gasteiger partial charge < -0.3 is 5.32 Å². The molecule has 19 heavy (non-hydrogen) atoms. The summed E-state index contributed by atoms with van der Waals surface area (Å²) in [5, 5.41) is 5.34. The van der Waals surface area contributed by atoms with Crippen LogP contribution < -0.4 is 10.6 Å². The van der Waals surface area contributed by atoms with Gasteiger partial charge in [0, 0.05) is 15.7 Å². The molecule has 0 aliphatic heterocycles. The van der Waals surface area contributed by atoms with E-state index in [1.165, 1.54) is 0 Å². The molecule has 0 aliphatic carbocycles. The van der Waals surface area contributed by atoms with Gasteiger partial charge in [0.05, 0.1) is 0 Å². The molecular formula is C14H11BrN2OS. The number of carbonyl (C=O) groups is 1. The van der Waals surface area contributed by atoms with Crippen molar-refractivity contribution >= 4 is 44.9 Å². The summed E-state index contributed by atoms with van der Waals surface area (Å²) in [4.78, 5) is 12.1. The number of nitrogens with one attached hydrogen (secondary N) is 2. The van der Waals surface area contributed by atoms with E-state index in [0.29, 0.717) is 4.99 Å². The van der Waals surface area contributed by atoms with Crippen LogP contribution in [0.15, 0.2) is 59.1 Å². The number of halogens is 1. The molecule has 0 saturated heterocycles. The highest BCUT2D eigenvalue weighted by atomic mass is 79.9. The van der Waals surface area contributed by atoms with Gasteiger partial charge in [0.2, 0.25) is 0 Å². The van der Waals surface area contributed by atoms with Crippen molar-refractivity contribution < 1.29 is 4.79 Å². The van der Waals surface area contributed by atoms with Gasteiger partial charge in [0.25, 0.3) is 0 Å².